The van der Waals surface area contributed by atoms with Crippen molar-refractivity contribution in [3.8, 4) is 17.2 Å². The van der Waals surface area contributed by atoms with Gasteiger partial charge in [-0.15, -0.1) is 0 Å². The Morgan fingerprint density at radius 2 is 2.00 bits per heavy atom. The fourth-order valence-corrected chi connectivity index (χ4v) is 1.35. The zero-order valence-corrected chi connectivity index (χ0v) is 8.89. The summed E-state index contributed by atoms with van der Waals surface area (Å²) in [5.74, 6) is 1.20. The molecule has 2 rings (SSSR count). The summed E-state index contributed by atoms with van der Waals surface area (Å²) in [5.41, 5.74) is 0.262. The molecule has 1 aromatic carbocycles. The molecule has 1 N–H and O–H groups in total. The predicted octanol–water partition coefficient (Wildman–Crippen LogP) is 0.262. The first kappa shape index (κ1) is 10.3. The minimum absolute atomic E-state index is 0.449. The van der Waals surface area contributed by atoms with Crippen molar-refractivity contribution in [1.29, 1.82) is 0 Å². The topological polar surface area (TPSA) is 68.3 Å². The average molecular weight is 223 g/mol. The molecule has 1 heterocycles. The second-order valence-electron chi connectivity index (χ2n) is 3.05. The lowest BCUT2D eigenvalue weighted by Gasteiger charge is -2.05. The van der Waals surface area contributed by atoms with Gasteiger partial charge in [0.1, 0.15) is 0 Å². The molecule has 0 fully saturated rings. The average Bonchev–Trinajstić information content (AvgIpc) is 2.75. The number of methoxy groups -OCH3 is 2. The van der Waals surface area contributed by atoms with Crippen LogP contribution in [-0.4, -0.2) is 19.5 Å². The van der Waals surface area contributed by atoms with Crippen LogP contribution in [-0.2, 0) is 0 Å². The van der Waals surface area contributed by atoms with Gasteiger partial charge in [0.2, 0.25) is 5.69 Å². The summed E-state index contributed by atoms with van der Waals surface area (Å²) >= 11 is 0. The van der Waals surface area contributed by atoms with E-state index in [4.69, 9.17) is 9.47 Å². The maximum atomic E-state index is 10.9. The standard InChI is InChI=1S/C10H10N2O4/c1-14-8-4-3-7(5-9(8)15-2)12-6-10(13)16-11-12/h3-6H,1-2H3/p+1. The van der Waals surface area contributed by atoms with E-state index >= 15 is 0 Å². The number of aromatic amines is 1. The normalized spacial score (nSPS) is 10.1. The van der Waals surface area contributed by atoms with Gasteiger partial charge in [0.15, 0.2) is 11.5 Å². The maximum Gasteiger partial charge on any atom is 0.427 e. The van der Waals surface area contributed by atoms with Crippen molar-refractivity contribution in [1.82, 2.24) is 5.27 Å². The van der Waals surface area contributed by atoms with Crippen molar-refractivity contribution in [2.45, 2.75) is 0 Å². The molecule has 0 saturated heterocycles. The quantitative estimate of drug-likeness (QED) is 0.758. The van der Waals surface area contributed by atoms with Gasteiger partial charge in [-0.05, 0) is 16.0 Å². The van der Waals surface area contributed by atoms with Crippen molar-refractivity contribution < 1.29 is 18.7 Å². The van der Waals surface area contributed by atoms with Crippen LogP contribution in [0.3, 0.4) is 0 Å². The fourth-order valence-electron chi connectivity index (χ4n) is 1.35. The SMILES string of the molecule is COc1ccc(-[n+]2cc(=O)o[nH]2)cc1OC. The van der Waals surface area contributed by atoms with Crippen LogP contribution in [0.5, 0.6) is 11.5 Å². The first-order valence-electron chi connectivity index (χ1n) is 4.57. The Kier molecular flexibility index (Phi) is 2.63. The summed E-state index contributed by atoms with van der Waals surface area (Å²) in [4.78, 5) is 10.9. The molecular weight excluding hydrogens is 212 g/mol. The summed E-state index contributed by atoms with van der Waals surface area (Å²) in [6, 6.07) is 5.24. The number of nitrogens with zero attached hydrogens (tertiary/aromatic N) is 1. The van der Waals surface area contributed by atoms with Crippen molar-refractivity contribution >= 4 is 0 Å². The number of hydrogen-bond donors (Lipinski definition) is 1. The smallest absolute Gasteiger partial charge is 0.427 e. The van der Waals surface area contributed by atoms with Crippen molar-refractivity contribution in [2.24, 2.45) is 0 Å². The molecule has 0 aliphatic rings. The second kappa shape index (κ2) is 4.09. The summed E-state index contributed by atoms with van der Waals surface area (Å²) in [7, 11) is 3.11. The molecule has 6 nitrogen and oxygen atoms in total. The molecule has 1 aromatic heterocycles. The highest BCUT2D eigenvalue weighted by atomic mass is 16.5. The molecule has 16 heavy (non-hydrogen) atoms. The van der Waals surface area contributed by atoms with Crippen LogP contribution < -0.4 is 19.8 Å². The molecule has 0 saturated carbocycles. The first-order chi connectivity index (χ1) is 7.74. The van der Waals surface area contributed by atoms with E-state index in [1.54, 1.807) is 32.4 Å². The third-order valence-corrected chi connectivity index (χ3v) is 2.12. The number of aromatic nitrogens is 2. The molecular formula is C10H11N2O4+. The zero-order valence-electron chi connectivity index (χ0n) is 8.89. The number of H-pyrrole nitrogens is 1. The number of rotatable bonds is 3. The Morgan fingerprint density at radius 3 is 2.56 bits per heavy atom. The van der Waals surface area contributed by atoms with Crippen LogP contribution in [0.15, 0.2) is 33.7 Å². The van der Waals surface area contributed by atoms with E-state index in [9.17, 15) is 4.79 Å². The van der Waals surface area contributed by atoms with Crippen molar-refractivity contribution in [3.63, 3.8) is 0 Å². The molecule has 0 aliphatic carbocycles. The monoisotopic (exact) mass is 223 g/mol. The molecule has 6 heteroatoms. The molecule has 0 atom stereocenters. The molecule has 0 aliphatic heterocycles. The predicted molar refractivity (Wildman–Crippen MR) is 54.0 cm³/mol. The molecule has 0 bridgehead atoms. The number of benzene rings is 1. The molecule has 2 aromatic rings. The largest absolute Gasteiger partial charge is 0.493 e. The highest BCUT2D eigenvalue weighted by molar-refractivity contribution is 5.45. The summed E-state index contributed by atoms with van der Waals surface area (Å²) < 4.78 is 16.3. The van der Waals surface area contributed by atoms with Gasteiger partial charge < -0.3 is 9.47 Å². The third kappa shape index (κ3) is 1.77. The fraction of sp³-hybridized carbons (Fsp3) is 0.200. The Bertz CT molecular complexity index is 544. The van der Waals surface area contributed by atoms with Gasteiger partial charge in [-0.25, -0.2) is 4.79 Å². The van der Waals surface area contributed by atoms with E-state index < -0.39 is 5.63 Å². The van der Waals surface area contributed by atoms with Crippen molar-refractivity contribution in [3.05, 3.63) is 34.8 Å². The van der Waals surface area contributed by atoms with Gasteiger partial charge in [0.05, 0.1) is 20.3 Å². The zero-order chi connectivity index (χ0) is 11.5. The first-order valence-corrected chi connectivity index (χ1v) is 4.57. The minimum atomic E-state index is -0.449. The van der Waals surface area contributed by atoms with Crippen LogP contribution in [0.2, 0.25) is 0 Å². The van der Waals surface area contributed by atoms with E-state index in [1.165, 1.54) is 10.9 Å². The molecule has 84 valence electrons. The van der Waals surface area contributed by atoms with E-state index in [2.05, 4.69) is 9.79 Å². The van der Waals surface area contributed by atoms with Gasteiger partial charge in [-0.2, -0.15) is 0 Å². The molecule has 0 unspecified atom stereocenters. The summed E-state index contributed by atoms with van der Waals surface area (Å²) in [5, 5.41) is 2.44. The van der Waals surface area contributed by atoms with E-state index in [-0.39, 0.29) is 0 Å². The maximum absolute atomic E-state index is 10.9. The number of hydrogen-bond acceptors (Lipinski definition) is 4. The summed E-state index contributed by atoms with van der Waals surface area (Å²) in [6.45, 7) is 0. The van der Waals surface area contributed by atoms with E-state index in [0.717, 1.165) is 0 Å². The number of nitrogens with one attached hydrogen (secondary N) is 1. The third-order valence-electron chi connectivity index (χ3n) is 2.12. The highest BCUT2D eigenvalue weighted by Crippen LogP contribution is 2.27. The number of ether oxygens (including phenoxy) is 2. The van der Waals surface area contributed by atoms with Gasteiger partial charge in [-0.3, -0.25) is 4.52 Å². The minimum Gasteiger partial charge on any atom is -0.493 e. The Balaban J connectivity index is 2.47. The molecule has 0 spiro atoms. The van der Waals surface area contributed by atoms with Crippen LogP contribution >= 0.6 is 0 Å². The van der Waals surface area contributed by atoms with Crippen molar-refractivity contribution in [2.75, 3.05) is 14.2 Å². The Labute approximate surface area is 91.0 Å². The van der Waals surface area contributed by atoms with Gasteiger partial charge >= 0.3 is 5.63 Å². The lowest BCUT2D eigenvalue weighted by molar-refractivity contribution is -0.670. The Morgan fingerprint density at radius 1 is 1.25 bits per heavy atom. The summed E-state index contributed by atoms with van der Waals surface area (Å²) in [6.07, 6.45) is 1.29. The van der Waals surface area contributed by atoms with Crippen LogP contribution in [0.4, 0.5) is 0 Å². The van der Waals surface area contributed by atoms with Crippen LogP contribution in [0.1, 0.15) is 0 Å². The van der Waals surface area contributed by atoms with Gasteiger partial charge in [0.25, 0.3) is 6.20 Å². The van der Waals surface area contributed by atoms with Gasteiger partial charge in [0, 0.05) is 6.07 Å². The molecule has 0 amide bonds. The Hall–Kier alpha value is -2.24. The lowest BCUT2D eigenvalue weighted by atomic mass is 10.3. The van der Waals surface area contributed by atoms with Crippen LogP contribution in [0, 0.1) is 0 Å². The van der Waals surface area contributed by atoms with E-state index in [0.29, 0.717) is 17.2 Å². The lowest BCUT2D eigenvalue weighted by Crippen LogP contribution is -2.32. The molecule has 0 radical (unpaired) electrons. The van der Waals surface area contributed by atoms with Gasteiger partial charge in [-0.1, -0.05) is 0 Å². The highest BCUT2D eigenvalue weighted by Gasteiger charge is 2.14. The second-order valence-corrected chi connectivity index (χ2v) is 3.05. The van der Waals surface area contributed by atoms with E-state index in [1.807, 2.05) is 0 Å². The van der Waals surface area contributed by atoms with Crippen LogP contribution in [0.25, 0.3) is 5.69 Å².